The Morgan fingerprint density at radius 2 is 1.45 bits per heavy atom. The second kappa shape index (κ2) is 13.8. The predicted octanol–water partition coefficient (Wildman–Crippen LogP) is 12.7. The van der Waals surface area contributed by atoms with E-state index in [-0.39, 0.29) is 22.3 Å². The molecule has 252 valence electrons. The largest absolute Gasteiger partial charge is 0.413 e. The predicted molar refractivity (Wildman–Crippen MR) is 199 cm³/mol. The zero-order chi connectivity index (χ0) is 33.5. The molecule has 0 amide bonds. The minimum absolute atomic E-state index is 0.0393. The molecule has 7 atom stereocenters. The van der Waals surface area contributed by atoms with Gasteiger partial charge in [0, 0.05) is 6.42 Å². The lowest BCUT2D eigenvalue weighted by Gasteiger charge is -2.45. The normalized spacial score (nSPS) is 32.6. The van der Waals surface area contributed by atoms with E-state index < -0.39 is 16.6 Å². The molecule has 3 rings (SSSR count). The molecular weight excluding hydrogens is 569 g/mol. The van der Waals surface area contributed by atoms with E-state index in [1.165, 1.54) is 43.3 Å². The van der Waals surface area contributed by atoms with E-state index in [1.807, 2.05) is 0 Å². The van der Waals surface area contributed by atoms with Gasteiger partial charge < -0.3 is 8.85 Å². The summed E-state index contributed by atoms with van der Waals surface area (Å²) in [6, 6.07) is 0. The van der Waals surface area contributed by atoms with E-state index in [2.05, 4.69) is 127 Å². The molecule has 0 saturated heterocycles. The summed E-state index contributed by atoms with van der Waals surface area (Å²) in [5.41, 5.74) is 4.64. The van der Waals surface area contributed by atoms with Crippen molar-refractivity contribution in [1.29, 1.82) is 0 Å². The first-order valence-electron chi connectivity index (χ1n) is 18.1. The third-order valence-corrected chi connectivity index (χ3v) is 22.2. The van der Waals surface area contributed by atoms with Gasteiger partial charge in [-0.2, -0.15) is 0 Å². The SMILES string of the molecule is C=C1C(=C/C=C2\CCC[C@@]3(C)C2CC[C@@H]3[C@H](C)/C=C/[C@H](C)C(C)C)C[C@@H](O[Si](C)(C)C(C)(C)C)C[C@@H]1O[Si](C)(C)C(C)(C)C. The molecule has 3 saturated carbocycles. The van der Waals surface area contributed by atoms with Crippen LogP contribution in [0.4, 0.5) is 0 Å². The highest BCUT2D eigenvalue weighted by atomic mass is 28.4. The van der Waals surface area contributed by atoms with Crippen molar-refractivity contribution >= 4 is 16.6 Å². The number of hydrogen-bond donors (Lipinski definition) is 0. The lowest BCUT2D eigenvalue weighted by Crippen LogP contribution is -2.49. The fourth-order valence-corrected chi connectivity index (χ4v) is 10.3. The maximum absolute atomic E-state index is 7.09. The molecule has 0 spiro atoms. The van der Waals surface area contributed by atoms with Crippen LogP contribution in [0.2, 0.25) is 36.3 Å². The van der Waals surface area contributed by atoms with Crippen LogP contribution in [-0.2, 0) is 8.85 Å². The Kier molecular flexibility index (Phi) is 11.9. The van der Waals surface area contributed by atoms with Crippen molar-refractivity contribution in [3.05, 3.63) is 47.6 Å². The van der Waals surface area contributed by atoms with Gasteiger partial charge in [-0.3, -0.25) is 0 Å². The van der Waals surface area contributed by atoms with Gasteiger partial charge in [0.2, 0.25) is 0 Å². The van der Waals surface area contributed by atoms with Gasteiger partial charge in [0.15, 0.2) is 16.6 Å². The molecule has 0 aromatic carbocycles. The van der Waals surface area contributed by atoms with Gasteiger partial charge in [0.05, 0.1) is 12.2 Å². The molecule has 0 bridgehead atoms. The summed E-state index contributed by atoms with van der Waals surface area (Å²) in [6.07, 6.45) is 18.8. The maximum atomic E-state index is 7.09. The second-order valence-electron chi connectivity index (χ2n) is 18.7. The third-order valence-electron chi connectivity index (χ3n) is 13.2. The average Bonchev–Trinajstić information content (AvgIpc) is 3.23. The van der Waals surface area contributed by atoms with Crippen molar-refractivity contribution in [1.82, 2.24) is 0 Å². The average molecular weight is 641 g/mol. The molecular formula is C40H72O2Si2. The van der Waals surface area contributed by atoms with Crippen LogP contribution in [0.15, 0.2) is 47.6 Å². The Morgan fingerprint density at radius 1 is 0.864 bits per heavy atom. The molecule has 0 aliphatic heterocycles. The van der Waals surface area contributed by atoms with E-state index in [9.17, 15) is 0 Å². The van der Waals surface area contributed by atoms with E-state index in [4.69, 9.17) is 15.4 Å². The van der Waals surface area contributed by atoms with Crippen molar-refractivity contribution in [2.45, 2.75) is 170 Å². The summed E-state index contributed by atoms with van der Waals surface area (Å²) >= 11 is 0. The van der Waals surface area contributed by atoms with E-state index >= 15 is 0 Å². The highest BCUT2D eigenvalue weighted by molar-refractivity contribution is 6.74. The smallest absolute Gasteiger partial charge is 0.192 e. The molecule has 0 heterocycles. The van der Waals surface area contributed by atoms with Gasteiger partial charge in [-0.15, -0.1) is 0 Å². The number of allylic oxidation sites excluding steroid dienone is 5. The van der Waals surface area contributed by atoms with Crippen molar-refractivity contribution in [3.63, 3.8) is 0 Å². The second-order valence-corrected chi connectivity index (χ2v) is 28.2. The molecule has 3 aliphatic rings. The molecule has 4 heteroatoms. The van der Waals surface area contributed by atoms with Crippen LogP contribution in [0.25, 0.3) is 0 Å². The third kappa shape index (κ3) is 8.42. The van der Waals surface area contributed by atoms with Crippen molar-refractivity contribution in [3.8, 4) is 0 Å². The van der Waals surface area contributed by atoms with Gasteiger partial charge in [-0.05, 0) is 121 Å². The Balaban J connectivity index is 1.90. The molecule has 1 unspecified atom stereocenters. The van der Waals surface area contributed by atoms with E-state index in [0.717, 1.165) is 18.8 Å². The maximum Gasteiger partial charge on any atom is 0.192 e. The summed E-state index contributed by atoms with van der Waals surface area (Å²) in [5.74, 6) is 3.47. The summed E-state index contributed by atoms with van der Waals surface area (Å²) < 4.78 is 14.2. The van der Waals surface area contributed by atoms with Crippen LogP contribution in [0, 0.1) is 35.0 Å². The molecule has 0 radical (unpaired) electrons. The van der Waals surface area contributed by atoms with Crippen LogP contribution >= 0.6 is 0 Å². The molecule has 2 nitrogen and oxygen atoms in total. The number of hydrogen-bond acceptors (Lipinski definition) is 2. The van der Waals surface area contributed by atoms with Crippen molar-refractivity contribution in [2.24, 2.45) is 35.0 Å². The zero-order valence-corrected chi connectivity index (χ0v) is 33.8. The number of fused-ring (bicyclic) bond motifs is 1. The fourth-order valence-electron chi connectivity index (χ4n) is 7.62. The van der Waals surface area contributed by atoms with Gasteiger partial charge in [0.1, 0.15) is 0 Å². The Hall–Kier alpha value is -0.686. The highest BCUT2D eigenvalue weighted by Gasteiger charge is 2.50. The Labute approximate surface area is 276 Å². The van der Waals surface area contributed by atoms with Crippen LogP contribution in [0.1, 0.15) is 121 Å². The standard InChI is InChI=1S/C40H72O2Si2/c1-28(2)29(3)19-20-30(4)35-23-24-36-32(18-17-25-40(35,36)12)21-22-33-26-34(41-43(13,14)38(6,7)8)27-37(31(33)5)42-44(15,16)39(9,10)11/h19-22,28-30,34-37H,5,17-18,23-27H2,1-4,6-16H3/b20-19+,32-21+,33-22?/t29-,30+,34+,35+,36?,37-,40+/m0/s1. The summed E-state index contributed by atoms with van der Waals surface area (Å²) in [4.78, 5) is 0. The Morgan fingerprint density at radius 3 is 2.02 bits per heavy atom. The van der Waals surface area contributed by atoms with Crippen molar-refractivity contribution < 1.29 is 8.85 Å². The van der Waals surface area contributed by atoms with Gasteiger partial charge in [0.25, 0.3) is 0 Å². The molecule has 44 heavy (non-hydrogen) atoms. The monoisotopic (exact) mass is 641 g/mol. The van der Waals surface area contributed by atoms with Gasteiger partial charge >= 0.3 is 0 Å². The van der Waals surface area contributed by atoms with Crippen LogP contribution < -0.4 is 0 Å². The highest BCUT2D eigenvalue weighted by Crippen LogP contribution is 2.59. The minimum Gasteiger partial charge on any atom is -0.413 e. The molecule has 0 aromatic rings. The van der Waals surface area contributed by atoms with Gasteiger partial charge in [-0.25, -0.2) is 0 Å². The van der Waals surface area contributed by atoms with E-state index in [0.29, 0.717) is 29.1 Å². The lowest BCUT2D eigenvalue weighted by atomic mass is 9.61. The fraction of sp³-hybridized carbons (Fsp3) is 0.800. The quantitative estimate of drug-likeness (QED) is 0.184. The topological polar surface area (TPSA) is 18.5 Å². The zero-order valence-electron chi connectivity index (χ0n) is 31.8. The number of rotatable bonds is 9. The van der Waals surface area contributed by atoms with Crippen LogP contribution in [0.5, 0.6) is 0 Å². The first-order chi connectivity index (χ1) is 20.0. The lowest BCUT2D eigenvalue weighted by molar-refractivity contribution is 0.0969. The summed E-state index contributed by atoms with van der Waals surface area (Å²) in [6.45, 7) is 40.5. The molecule has 0 aromatic heterocycles. The van der Waals surface area contributed by atoms with Gasteiger partial charge in [-0.1, -0.05) is 113 Å². The first kappa shape index (κ1) is 37.8. The molecule has 0 N–H and O–H groups in total. The molecule has 3 fully saturated rings. The van der Waals surface area contributed by atoms with Crippen LogP contribution in [0.3, 0.4) is 0 Å². The van der Waals surface area contributed by atoms with Crippen molar-refractivity contribution in [2.75, 3.05) is 0 Å². The Bertz CT molecular complexity index is 1100. The van der Waals surface area contributed by atoms with Crippen LogP contribution in [-0.4, -0.2) is 28.8 Å². The summed E-state index contributed by atoms with van der Waals surface area (Å²) in [5, 5.41) is 0.352. The summed E-state index contributed by atoms with van der Waals surface area (Å²) in [7, 11) is -3.88. The molecule has 3 aliphatic carbocycles. The minimum atomic E-state index is -1.96. The van der Waals surface area contributed by atoms with E-state index in [1.54, 1.807) is 5.57 Å². The first-order valence-corrected chi connectivity index (χ1v) is 23.9.